The molecule has 17 heavy (non-hydrogen) atoms. The van der Waals surface area contributed by atoms with Gasteiger partial charge in [0.2, 0.25) is 0 Å². The lowest BCUT2D eigenvalue weighted by Gasteiger charge is -2.25. The first kappa shape index (κ1) is 14.6. The second-order valence-corrected chi connectivity index (χ2v) is 4.51. The van der Waals surface area contributed by atoms with Crippen LogP contribution in [-0.2, 0) is 4.74 Å². The highest BCUT2D eigenvalue weighted by Gasteiger charge is 2.19. The van der Waals surface area contributed by atoms with Gasteiger partial charge in [0, 0.05) is 6.61 Å². The van der Waals surface area contributed by atoms with Gasteiger partial charge in [0.05, 0.1) is 24.8 Å². The number of aliphatic hydroxyl groups excluding tert-OH is 1. The molecule has 1 heterocycles. The van der Waals surface area contributed by atoms with E-state index in [1.165, 1.54) is 6.42 Å². The van der Waals surface area contributed by atoms with E-state index in [4.69, 9.17) is 4.74 Å². The summed E-state index contributed by atoms with van der Waals surface area (Å²) in [4.78, 5) is 0. The number of hydrogen-bond donors (Lipinski definition) is 1. The minimum atomic E-state index is -0.0974. The summed E-state index contributed by atoms with van der Waals surface area (Å²) in [5.41, 5.74) is 0. The van der Waals surface area contributed by atoms with E-state index < -0.39 is 0 Å². The quantitative estimate of drug-likeness (QED) is 0.771. The Bertz CT molecular complexity index is 209. The summed E-state index contributed by atoms with van der Waals surface area (Å²) >= 11 is 0. The number of hydrogen-bond acceptors (Lipinski definition) is 4. The van der Waals surface area contributed by atoms with Crippen molar-refractivity contribution in [3.63, 3.8) is 0 Å². The highest BCUT2D eigenvalue weighted by atomic mass is 16.5. The second-order valence-electron chi connectivity index (χ2n) is 4.51. The molecule has 0 aromatic rings. The van der Waals surface area contributed by atoms with E-state index in [1.54, 1.807) is 0 Å². The SMILES string of the molecule is CC.OC1CCC(N=NCCC2CCO2)CC1. The number of rotatable bonds is 4. The van der Waals surface area contributed by atoms with Crippen LogP contribution < -0.4 is 0 Å². The van der Waals surface area contributed by atoms with E-state index in [0.717, 1.165) is 45.3 Å². The maximum Gasteiger partial charge on any atom is 0.0710 e. The predicted octanol–water partition coefficient (Wildman–Crippen LogP) is 2.95. The normalized spacial score (nSPS) is 32.8. The molecule has 1 aliphatic heterocycles. The summed E-state index contributed by atoms with van der Waals surface area (Å²) in [5.74, 6) is 0. The molecule has 4 nitrogen and oxygen atoms in total. The fourth-order valence-electron chi connectivity index (χ4n) is 2.06. The summed E-state index contributed by atoms with van der Waals surface area (Å²) < 4.78 is 5.30. The third-order valence-corrected chi connectivity index (χ3v) is 3.26. The first-order valence-corrected chi connectivity index (χ1v) is 7.01. The lowest BCUT2D eigenvalue weighted by molar-refractivity contribution is -0.0530. The first-order valence-electron chi connectivity index (χ1n) is 7.01. The van der Waals surface area contributed by atoms with Crippen LogP contribution in [0.2, 0.25) is 0 Å². The monoisotopic (exact) mass is 242 g/mol. The van der Waals surface area contributed by atoms with Gasteiger partial charge in [-0.2, -0.15) is 10.2 Å². The molecule has 0 amide bonds. The van der Waals surface area contributed by atoms with Crippen molar-refractivity contribution in [2.45, 2.75) is 70.6 Å². The molecule has 0 spiro atoms. The fraction of sp³-hybridized carbons (Fsp3) is 1.00. The van der Waals surface area contributed by atoms with Crippen molar-refractivity contribution in [3.05, 3.63) is 0 Å². The molecule has 1 saturated carbocycles. The van der Waals surface area contributed by atoms with E-state index in [0.29, 0.717) is 12.1 Å². The van der Waals surface area contributed by atoms with Crippen LogP contribution in [0.1, 0.15) is 52.4 Å². The predicted molar refractivity (Wildman–Crippen MR) is 68.3 cm³/mol. The van der Waals surface area contributed by atoms with Crippen molar-refractivity contribution >= 4 is 0 Å². The van der Waals surface area contributed by atoms with Crippen LogP contribution in [-0.4, -0.2) is 36.5 Å². The Morgan fingerprint density at radius 1 is 1.12 bits per heavy atom. The van der Waals surface area contributed by atoms with E-state index in [1.807, 2.05) is 13.8 Å². The molecule has 1 aliphatic carbocycles. The zero-order valence-electron chi connectivity index (χ0n) is 11.1. The van der Waals surface area contributed by atoms with Crippen molar-refractivity contribution in [3.8, 4) is 0 Å². The molecule has 0 bridgehead atoms. The largest absolute Gasteiger partial charge is 0.393 e. The van der Waals surface area contributed by atoms with Gasteiger partial charge in [-0.05, 0) is 38.5 Å². The fourth-order valence-corrected chi connectivity index (χ4v) is 2.06. The van der Waals surface area contributed by atoms with Gasteiger partial charge in [-0.25, -0.2) is 0 Å². The van der Waals surface area contributed by atoms with E-state index in [9.17, 15) is 5.11 Å². The molecule has 1 saturated heterocycles. The smallest absolute Gasteiger partial charge is 0.0710 e. The molecule has 2 aliphatic rings. The van der Waals surface area contributed by atoms with Crippen LogP contribution >= 0.6 is 0 Å². The Balaban J connectivity index is 0.000000686. The summed E-state index contributed by atoms with van der Waals surface area (Å²) in [7, 11) is 0. The van der Waals surface area contributed by atoms with Crippen molar-refractivity contribution in [1.29, 1.82) is 0 Å². The van der Waals surface area contributed by atoms with Crippen molar-refractivity contribution in [1.82, 2.24) is 0 Å². The van der Waals surface area contributed by atoms with Crippen LogP contribution in [0.3, 0.4) is 0 Å². The van der Waals surface area contributed by atoms with E-state index in [2.05, 4.69) is 10.2 Å². The van der Waals surface area contributed by atoms with Crippen molar-refractivity contribution < 1.29 is 9.84 Å². The molecular formula is C13H26N2O2. The Labute approximate surface area is 104 Å². The van der Waals surface area contributed by atoms with Gasteiger partial charge in [0.1, 0.15) is 0 Å². The summed E-state index contributed by atoms with van der Waals surface area (Å²) in [6, 6.07) is 0.357. The Morgan fingerprint density at radius 3 is 2.29 bits per heavy atom. The molecule has 100 valence electrons. The lowest BCUT2D eigenvalue weighted by atomic mass is 9.94. The zero-order valence-corrected chi connectivity index (χ0v) is 11.1. The molecule has 4 heteroatoms. The Kier molecular flexibility index (Phi) is 7.37. The average Bonchev–Trinajstić information content (AvgIpc) is 2.31. The van der Waals surface area contributed by atoms with Crippen LogP contribution in [0.5, 0.6) is 0 Å². The van der Waals surface area contributed by atoms with Gasteiger partial charge in [0.25, 0.3) is 0 Å². The van der Waals surface area contributed by atoms with Crippen LogP contribution in [0.4, 0.5) is 0 Å². The molecule has 0 radical (unpaired) electrons. The Hall–Kier alpha value is -0.480. The molecule has 1 unspecified atom stereocenters. The van der Waals surface area contributed by atoms with Gasteiger partial charge in [-0.15, -0.1) is 0 Å². The molecule has 2 rings (SSSR count). The van der Waals surface area contributed by atoms with Crippen LogP contribution in [0.25, 0.3) is 0 Å². The minimum Gasteiger partial charge on any atom is -0.393 e. The number of ether oxygens (including phenoxy) is 1. The number of nitrogens with zero attached hydrogens (tertiary/aromatic N) is 2. The second kappa shape index (κ2) is 8.59. The minimum absolute atomic E-state index is 0.0974. The van der Waals surface area contributed by atoms with Gasteiger partial charge < -0.3 is 9.84 Å². The van der Waals surface area contributed by atoms with Gasteiger partial charge in [0.15, 0.2) is 0 Å². The first-order chi connectivity index (χ1) is 8.34. The maximum atomic E-state index is 9.32. The molecule has 1 atom stereocenters. The average molecular weight is 242 g/mol. The summed E-state index contributed by atoms with van der Waals surface area (Å²) in [6.07, 6.45) is 6.29. The van der Waals surface area contributed by atoms with Gasteiger partial charge in [-0.1, -0.05) is 13.8 Å². The van der Waals surface area contributed by atoms with Gasteiger partial charge >= 0.3 is 0 Å². The number of aliphatic hydroxyl groups is 1. The summed E-state index contributed by atoms with van der Waals surface area (Å²) in [6.45, 7) is 5.71. The molecular weight excluding hydrogens is 216 g/mol. The zero-order chi connectivity index (χ0) is 12.5. The van der Waals surface area contributed by atoms with Gasteiger partial charge in [-0.3, -0.25) is 0 Å². The highest BCUT2D eigenvalue weighted by molar-refractivity contribution is 4.75. The highest BCUT2D eigenvalue weighted by Crippen LogP contribution is 2.21. The lowest BCUT2D eigenvalue weighted by Crippen LogP contribution is -2.27. The number of azo groups is 1. The molecule has 2 fully saturated rings. The third kappa shape index (κ3) is 5.59. The van der Waals surface area contributed by atoms with Crippen LogP contribution in [0.15, 0.2) is 10.2 Å². The molecule has 0 aromatic heterocycles. The van der Waals surface area contributed by atoms with E-state index >= 15 is 0 Å². The Morgan fingerprint density at radius 2 is 1.76 bits per heavy atom. The summed E-state index contributed by atoms with van der Waals surface area (Å²) in [5, 5.41) is 17.8. The topological polar surface area (TPSA) is 54.2 Å². The molecule has 0 aromatic carbocycles. The molecule has 1 N–H and O–H groups in total. The van der Waals surface area contributed by atoms with Crippen molar-refractivity contribution in [2.24, 2.45) is 10.2 Å². The van der Waals surface area contributed by atoms with Crippen LogP contribution in [0, 0.1) is 0 Å². The standard InChI is InChI=1S/C11H20N2O2.C2H6/c14-10-3-1-9(2-4-10)13-12-7-5-11-6-8-15-11;1-2/h9-11,14H,1-8H2;1-2H3. The third-order valence-electron chi connectivity index (χ3n) is 3.26. The van der Waals surface area contributed by atoms with E-state index in [-0.39, 0.29) is 6.10 Å². The maximum absolute atomic E-state index is 9.32. The van der Waals surface area contributed by atoms with Crippen molar-refractivity contribution in [2.75, 3.05) is 13.2 Å².